The van der Waals surface area contributed by atoms with Crippen LogP contribution in [0.5, 0.6) is 0 Å². The molecule has 0 unspecified atom stereocenters. The van der Waals surface area contributed by atoms with Gasteiger partial charge in [0, 0.05) is 5.41 Å². The molecule has 0 radical (unpaired) electrons. The Morgan fingerprint density at radius 2 is 0.864 bits per heavy atom. The summed E-state index contributed by atoms with van der Waals surface area (Å²) in [6.07, 6.45) is -62.8. The molecular weight excluding hydrogens is 1580 g/mol. The van der Waals surface area contributed by atoms with Crippen LogP contribution in [0, 0.1) is 50.2 Å². The van der Waals surface area contributed by atoms with Crippen molar-refractivity contribution in [3.63, 3.8) is 0 Å². The molecule has 8 saturated heterocycles. The molecule has 0 amide bonds. The normalized spacial score (nSPS) is 55.0. The zero-order chi connectivity index (χ0) is 86.0. The fraction of sp³-hybridized carbons (Fsp3) is 0.961. The Bertz CT molecular complexity index is 3360. The van der Waals surface area contributed by atoms with E-state index in [0.717, 1.165) is 5.57 Å². The van der Waals surface area contributed by atoms with E-state index in [4.69, 9.17) is 75.8 Å². The Kier molecular flexibility index (Phi) is 28.5. The molecule has 13 rings (SSSR count). The van der Waals surface area contributed by atoms with Crippen LogP contribution in [-0.4, -0.2) is 420 Å². The molecule has 41 nitrogen and oxygen atoms in total. The Balaban J connectivity index is 0.707. The summed E-state index contributed by atoms with van der Waals surface area (Å²) in [5.74, 6) is -1.43. The number of ether oxygens (including phenoxy) is 16. The van der Waals surface area contributed by atoms with Gasteiger partial charge in [0.1, 0.15) is 177 Å². The Labute approximate surface area is 680 Å². The van der Waals surface area contributed by atoms with Gasteiger partial charge in [-0.2, -0.15) is 0 Å². The van der Waals surface area contributed by atoms with E-state index in [1.807, 2.05) is 6.92 Å². The van der Waals surface area contributed by atoms with Crippen molar-refractivity contribution in [2.24, 2.45) is 50.2 Å². The van der Waals surface area contributed by atoms with Crippen LogP contribution in [0.15, 0.2) is 11.6 Å². The zero-order valence-corrected chi connectivity index (χ0v) is 67.1. The van der Waals surface area contributed by atoms with Crippen LogP contribution >= 0.6 is 0 Å². The second-order valence-corrected chi connectivity index (χ2v) is 36.9. The molecule has 13 aliphatic rings. The highest BCUT2D eigenvalue weighted by Crippen LogP contribution is 2.76. The summed E-state index contributed by atoms with van der Waals surface area (Å²) in [5.41, 5.74) is -3.00. The maximum Gasteiger partial charge on any atom is 0.315 e. The number of aliphatic hydroxyl groups is 24. The third-order valence-electron chi connectivity index (χ3n) is 29.6. The van der Waals surface area contributed by atoms with Gasteiger partial charge >= 0.3 is 5.97 Å². The Morgan fingerprint density at radius 1 is 0.407 bits per heavy atom. The highest BCUT2D eigenvalue weighted by Gasteiger charge is 2.72. The number of carbonyl (C=O) groups is 1. The van der Waals surface area contributed by atoms with Gasteiger partial charge < -0.3 is 198 Å². The lowest BCUT2D eigenvalue weighted by molar-refractivity contribution is -0.396. The number of fused-ring (bicyclic) bond motifs is 7. The minimum absolute atomic E-state index is 0.0494. The maximum atomic E-state index is 15.5. The topological polar surface area (TPSA) is 650 Å². The molecule has 0 aromatic heterocycles. The van der Waals surface area contributed by atoms with Gasteiger partial charge in [-0.05, 0) is 117 Å². The second-order valence-electron chi connectivity index (χ2n) is 36.9. The lowest BCUT2D eigenvalue weighted by Crippen LogP contribution is -2.68. The quantitative estimate of drug-likeness (QED) is 0.0272. The van der Waals surface area contributed by atoms with Crippen molar-refractivity contribution >= 4 is 5.97 Å². The summed E-state index contributed by atoms with van der Waals surface area (Å²) in [6, 6.07) is 0. The van der Waals surface area contributed by atoms with Crippen molar-refractivity contribution in [2.45, 2.75) is 365 Å². The summed E-state index contributed by atoms with van der Waals surface area (Å²) >= 11 is 0. The van der Waals surface area contributed by atoms with Crippen molar-refractivity contribution in [3.05, 3.63) is 11.6 Å². The Morgan fingerprint density at radius 3 is 1.43 bits per heavy atom. The highest BCUT2D eigenvalue weighted by atomic mass is 16.8. The smallest absolute Gasteiger partial charge is 0.315 e. The monoisotopic (exact) mass is 1710 g/mol. The number of allylic oxidation sites excluding steroid dienone is 2. The van der Waals surface area contributed by atoms with E-state index in [9.17, 15) is 123 Å². The van der Waals surface area contributed by atoms with Gasteiger partial charge in [0.05, 0.1) is 70.0 Å². The van der Waals surface area contributed by atoms with E-state index in [1.165, 1.54) is 13.8 Å². The van der Waals surface area contributed by atoms with Gasteiger partial charge in [0.25, 0.3) is 0 Å². The summed E-state index contributed by atoms with van der Waals surface area (Å²) in [4.78, 5) is 15.5. The first-order chi connectivity index (χ1) is 55.5. The third-order valence-corrected chi connectivity index (χ3v) is 29.6. The van der Waals surface area contributed by atoms with Crippen molar-refractivity contribution in [1.29, 1.82) is 0 Å². The molecule has 8 aliphatic heterocycles. The molecule has 0 bridgehead atoms. The number of aliphatic hydroxyl groups excluding tert-OH is 24. The van der Waals surface area contributed by atoms with Crippen molar-refractivity contribution < 1.29 is 203 Å². The van der Waals surface area contributed by atoms with Gasteiger partial charge in [0.2, 0.25) is 6.29 Å². The average molecular weight is 1710 g/mol. The molecule has 12 fully saturated rings. The van der Waals surface area contributed by atoms with Crippen molar-refractivity contribution in [1.82, 2.24) is 0 Å². The number of hydrogen-bond donors (Lipinski definition) is 24. The van der Waals surface area contributed by atoms with Crippen LogP contribution in [0.3, 0.4) is 0 Å². The summed E-state index contributed by atoms with van der Waals surface area (Å²) in [6.45, 7) is 10.6. The molecule has 48 atom stereocenters. The minimum Gasteiger partial charge on any atom is -0.432 e. The molecule has 0 spiro atoms. The van der Waals surface area contributed by atoms with E-state index in [-0.39, 0.29) is 23.7 Å². The first kappa shape index (κ1) is 93.3. The molecule has 5 aliphatic carbocycles. The largest absolute Gasteiger partial charge is 0.432 e. The molecule has 24 N–H and O–H groups in total. The predicted octanol–water partition coefficient (Wildman–Crippen LogP) is -9.07. The van der Waals surface area contributed by atoms with Crippen LogP contribution in [0.4, 0.5) is 0 Å². The van der Waals surface area contributed by atoms with Gasteiger partial charge in [-0.25, -0.2) is 0 Å². The standard InChI is InChI=1S/C77H126O41/c1-27-40(83)46(89)52(95)64(105-27)114-59-33(22-80)109-63(56(99)50(59)93)103-24-35-44(87)49(92)55(98)68(111-35)118-71(102)77-17-15-72(3,4)19-30(77)29-9-10-38-73(5)13-12-39(74(6,26-82)37(73)11-14-76(38,8)75(29,7)16-18-77)113-70-62(45(88)36(25-104-70)112-65-53(96)47(90)42(85)31(20-78)107-65)117-69-58(101)61(41(84)28(2)106-69)116-67-57(100)51(94)60(34(23-81)110-67)115-66-54(97)48(91)43(86)32(21-79)108-66/h9,27-28,30-70,78-101H,10-26H2,1-8H3/t27-,28-,30+,31+,32+,33+,34+,35+,36-,37+,38-,39-,40-,41-,42+,43+,44+,45-,46+,47-,48-,49-,50+,51+,52+,53+,54+,55+,56+,57+,58+,59+,60+,61+,62+,63+,64-,65-,66-,67-,68-,69-,70-,73-,74-,75+,76+,77-/m0/s1. The molecule has 4 saturated carbocycles. The van der Waals surface area contributed by atoms with E-state index in [2.05, 4.69) is 40.7 Å². The number of esters is 1. The van der Waals surface area contributed by atoms with Crippen LogP contribution in [0.2, 0.25) is 0 Å². The molecular formula is C77H126O41. The lowest BCUT2D eigenvalue weighted by Gasteiger charge is -2.71. The third kappa shape index (κ3) is 16.5. The van der Waals surface area contributed by atoms with E-state index < -0.39 is 331 Å². The summed E-state index contributed by atoms with van der Waals surface area (Å²) in [5, 5.41) is 264. The SMILES string of the molecule is C[C@@H]1O[C@@H](O[C@H]2[C@H](O)[C@@H](O)[C@H](OC[C@H]3O[C@@H](OC(=O)[C@]45CCC(C)(C)C[C@@H]4C4=CC[C@H]6[C@@]7(C)CC[C@H](O[C@@H]8OC[C@H](O[C@@H]9O[C@H](CO)[C@@H](O)[C@H](O)[C@H]9O)[C@H](O)[C@H]8O[C@@H]8O[C@@H](C)[C@H](O)[C@@H](O[C@@H]9O[C@H](CO)[C@@H](O[C@@H]%10O[C@H](CO)[C@@H](O)[C@H](O)[C@H]%10O)[C@H](O)[C@H]9O)[C@H]8O)[C@@](C)(CO)[C@@H]7CC[C@@]6(C)[C@]4(C)CC5)[C@H](O)[C@@H](O)[C@@H]3O)O[C@@H]2CO)[C@H](O)[C@H](O)[C@H]1O. The second kappa shape index (κ2) is 36.1. The van der Waals surface area contributed by atoms with Crippen LogP contribution in [-0.2, 0) is 80.6 Å². The van der Waals surface area contributed by atoms with E-state index >= 15 is 4.79 Å². The first-order valence-electron chi connectivity index (χ1n) is 41.2. The van der Waals surface area contributed by atoms with Crippen LogP contribution in [0.1, 0.15) is 120 Å². The fourth-order valence-electron chi connectivity index (χ4n) is 21.9. The number of rotatable bonds is 22. The van der Waals surface area contributed by atoms with Gasteiger partial charge in [0.15, 0.2) is 44.0 Å². The first-order valence-corrected chi connectivity index (χ1v) is 41.2. The molecule has 0 aromatic carbocycles. The van der Waals surface area contributed by atoms with E-state index in [1.54, 1.807) is 0 Å². The molecule has 118 heavy (non-hydrogen) atoms. The van der Waals surface area contributed by atoms with Crippen LogP contribution in [0.25, 0.3) is 0 Å². The van der Waals surface area contributed by atoms with Crippen molar-refractivity contribution in [3.8, 4) is 0 Å². The summed E-state index contributed by atoms with van der Waals surface area (Å²) < 4.78 is 95.8. The highest BCUT2D eigenvalue weighted by molar-refractivity contribution is 5.79. The minimum atomic E-state index is -2.14. The lowest BCUT2D eigenvalue weighted by atomic mass is 9.33. The Hall–Kier alpha value is -2.35. The molecule has 0 aromatic rings. The number of hydrogen-bond acceptors (Lipinski definition) is 41. The molecule has 41 heteroatoms. The average Bonchev–Trinajstić information content (AvgIpc) is 0.672. The van der Waals surface area contributed by atoms with Crippen LogP contribution < -0.4 is 0 Å². The van der Waals surface area contributed by atoms with Gasteiger partial charge in [-0.15, -0.1) is 0 Å². The van der Waals surface area contributed by atoms with Gasteiger partial charge in [-0.1, -0.05) is 53.2 Å². The van der Waals surface area contributed by atoms with Gasteiger partial charge in [-0.3, -0.25) is 4.79 Å². The summed E-state index contributed by atoms with van der Waals surface area (Å²) in [7, 11) is 0. The van der Waals surface area contributed by atoms with Crippen molar-refractivity contribution in [2.75, 3.05) is 46.2 Å². The van der Waals surface area contributed by atoms with E-state index in [0.29, 0.717) is 57.8 Å². The maximum absolute atomic E-state index is 15.5. The molecule has 8 heterocycles. The zero-order valence-electron chi connectivity index (χ0n) is 67.1. The number of carbonyl (C=O) groups excluding carboxylic acids is 1. The predicted molar refractivity (Wildman–Crippen MR) is 386 cm³/mol. The fourth-order valence-corrected chi connectivity index (χ4v) is 21.9. The molecule has 680 valence electrons.